The number of hydrogen-bond donors (Lipinski definition) is 1. The number of ether oxygens (including phenoxy) is 1. The number of carbonyl (C=O) groups excluding carboxylic acids is 3. The monoisotopic (exact) mass is 339 g/mol. The summed E-state index contributed by atoms with van der Waals surface area (Å²) in [6.07, 6.45) is -0.904. The second-order valence-electron chi connectivity index (χ2n) is 5.97. The van der Waals surface area contributed by atoms with Crippen LogP contribution in [0.1, 0.15) is 45.7 Å². The van der Waals surface area contributed by atoms with Gasteiger partial charge < -0.3 is 10.1 Å². The molecule has 2 aromatic carbocycles. The molecule has 5 heteroatoms. The zero-order valence-electron chi connectivity index (χ0n) is 14.8. The Balaban J connectivity index is 2.10. The predicted molar refractivity (Wildman–Crippen MR) is 95.9 cm³/mol. The standard InChI is InChI=1S/C20H21NO4/c1-12-8-9-16(10-13(12)2)19(23)14(3)25-20(24)17-6-5-7-18(11-17)21-15(4)22/h5-11,14H,1-4H3,(H,21,22)/t14-/m1/s1. The van der Waals surface area contributed by atoms with Crippen molar-refractivity contribution in [1.29, 1.82) is 0 Å². The summed E-state index contributed by atoms with van der Waals surface area (Å²) < 4.78 is 5.28. The fourth-order valence-electron chi connectivity index (χ4n) is 2.34. The molecule has 0 aliphatic carbocycles. The van der Waals surface area contributed by atoms with Crippen molar-refractivity contribution in [2.75, 3.05) is 5.32 Å². The van der Waals surface area contributed by atoms with Gasteiger partial charge in [0.15, 0.2) is 6.10 Å². The first-order valence-electron chi connectivity index (χ1n) is 7.98. The fourth-order valence-corrected chi connectivity index (χ4v) is 2.34. The van der Waals surface area contributed by atoms with Gasteiger partial charge >= 0.3 is 5.97 Å². The van der Waals surface area contributed by atoms with Gasteiger partial charge in [0, 0.05) is 18.2 Å². The molecule has 0 saturated carbocycles. The van der Waals surface area contributed by atoms with Crippen LogP contribution in [0, 0.1) is 13.8 Å². The summed E-state index contributed by atoms with van der Waals surface area (Å²) in [7, 11) is 0. The Hall–Kier alpha value is -2.95. The second-order valence-corrected chi connectivity index (χ2v) is 5.97. The van der Waals surface area contributed by atoms with E-state index in [-0.39, 0.29) is 17.3 Å². The van der Waals surface area contributed by atoms with E-state index in [1.165, 1.54) is 13.0 Å². The number of anilines is 1. The van der Waals surface area contributed by atoms with Crippen molar-refractivity contribution in [3.05, 3.63) is 64.7 Å². The minimum atomic E-state index is -0.904. The van der Waals surface area contributed by atoms with Crippen LogP contribution in [0.3, 0.4) is 0 Å². The summed E-state index contributed by atoms with van der Waals surface area (Å²) in [4.78, 5) is 35.8. The number of hydrogen-bond acceptors (Lipinski definition) is 4. The molecule has 25 heavy (non-hydrogen) atoms. The average molecular weight is 339 g/mol. The highest BCUT2D eigenvalue weighted by Crippen LogP contribution is 2.16. The Bertz CT molecular complexity index is 826. The maximum atomic E-state index is 12.5. The lowest BCUT2D eigenvalue weighted by Crippen LogP contribution is -2.24. The molecule has 0 heterocycles. The van der Waals surface area contributed by atoms with Crippen molar-refractivity contribution in [2.45, 2.75) is 33.8 Å². The zero-order valence-corrected chi connectivity index (χ0v) is 14.8. The first-order chi connectivity index (χ1) is 11.8. The van der Waals surface area contributed by atoms with Crippen molar-refractivity contribution in [2.24, 2.45) is 0 Å². The molecule has 2 rings (SSSR count). The lowest BCUT2D eigenvalue weighted by atomic mass is 10.0. The third-order valence-electron chi connectivity index (χ3n) is 3.86. The van der Waals surface area contributed by atoms with Crippen LogP contribution in [0.25, 0.3) is 0 Å². The quantitative estimate of drug-likeness (QED) is 0.666. The first kappa shape index (κ1) is 18.4. The van der Waals surface area contributed by atoms with Crippen LogP contribution in [0.15, 0.2) is 42.5 Å². The van der Waals surface area contributed by atoms with E-state index in [0.717, 1.165) is 11.1 Å². The molecule has 0 aliphatic rings. The van der Waals surface area contributed by atoms with Gasteiger partial charge in [-0.1, -0.05) is 18.2 Å². The van der Waals surface area contributed by atoms with Crippen LogP contribution in [-0.2, 0) is 9.53 Å². The van der Waals surface area contributed by atoms with Crippen molar-refractivity contribution in [1.82, 2.24) is 0 Å². The number of rotatable bonds is 5. The van der Waals surface area contributed by atoms with Crippen LogP contribution < -0.4 is 5.32 Å². The van der Waals surface area contributed by atoms with Gasteiger partial charge in [-0.05, 0) is 56.2 Å². The van der Waals surface area contributed by atoms with Crippen LogP contribution >= 0.6 is 0 Å². The molecule has 0 aromatic heterocycles. The van der Waals surface area contributed by atoms with Gasteiger partial charge in [0.05, 0.1) is 5.56 Å². The minimum Gasteiger partial charge on any atom is -0.451 e. The van der Waals surface area contributed by atoms with Gasteiger partial charge in [-0.15, -0.1) is 0 Å². The molecule has 1 amide bonds. The third kappa shape index (κ3) is 4.76. The van der Waals surface area contributed by atoms with Gasteiger partial charge in [-0.3, -0.25) is 9.59 Å². The molecule has 2 aromatic rings. The molecule has 0 fully saturated rings. The van der Waals surface area contributed by atoms with E-state index in [2.05, 4.69) is 5.32 Å². The summed E-state index contributed by atoms with van der Waals surface area (Å²) in [5, 5.41) is 2.60. The SMILES string of the molecule is CC(=O)Nc1cccc(C(=O)O[C@H](C)C(=O)c2ccc(C)c(C)c2)c1. The predicted octanol–water partition coefficient (Wildman–Crippen LogP) is 3.69. The fraction of sp³-hybridized carbons (Fsp3) is 0.250. The van der Waals surface area contributed by atoms with E-state index < -0.39 is 12.1 Å². The minimum absolute atomic E-state index is 0.233. The number of benzene rings is 2. The highest BCUT2D eigenvalue weighted by molar-refractivity contribution is 6.02. The molecule has 130 valence electrons. The van der Waals surface area contributed by atoms with Crippen molar-refractivity contribution >= 4 is 23.3 Å². The molecule has 5 nitrogen and oxygen atoms in total. The number of carbonyl (C=O) groups is 3. The summed E-state index contributed by atoms with van der Waals surface area (Å²) >= 11 is 0. The molecule has 0 aliphatic heterocycles. The molecular formula is C20H21NO4. The Morgan fingerprint density at radius 2 is 1.68 bits per heavy atom. The number of ketones is 1. The number of esters is 1. The van der Waals surface area contributed by atoms with Crippen molar-refractivity contribution in [3.63, 3.8) is 0 Å². The lowest BCUT2D eigenvalue weighted by molar-refractivity contribution is -0.114. The summed E-state index contributed by atoms with van der Waals surface area (Å²) in [5.74, 6) is -1.10. The first-order valence-corrected chi connectivity index (χ1v) is 7.98. The largest absolute Gasteiger partial charge is 0.451 e. The summed E-state index contributed by atoms with van der Waals surface area (Å²) in [6.45, 7) is 6.83. The Kier molecular flexibility index (Phi) is 5.70. The Morgan fingerprint density at radius 1 is 0.960 bits per heavy atom. The van der Waals surface area contributed by atoms with Gasteiger partial charge in [-0.2, -0.15) is 0 Å². The van der Waals surface area contributed by atoms with Gasteiger partial charge in [0.25, 0.3) is 0 Å². The highest BCUT2D eigenvalue weighted by atomic mass is 16.5. The van der Waals surface area contributed by atoms with E-state index >= 15 is 0 Å². The van der Waals surface area contributed by atoms with E-state index in [1.807, 2.05) is 19.9 Å². The molecule has 0 spiro atoms. The van der Waals surface area contributed by atoms with Crippen molar-refractivity contribution in [3.8, 4) is 0 Å². The zero-order chi connectivity index (χ0) is 18.6. The van der Waals surface area contributed by atoms with E-state index in [4.69, 9.17) is 4.74 Å². The highest BCUT2D eigenvalue weighted by Gasteiger charge is 2.21. The number of Topliss-reactive ketones (excluding diaryl/α,β-unsaturated/α-hetero) is 1. The maximum absolute atomic E-state index is 12.5. The topological polar surface area (TPSA) is 72.5 Å². The normalized spacial score (nSPS) is 11.5. The number of nitrogens with one attached hydrogen (secondary N) is 1. The van der Waals surface area contributed by atoms with Gasteiger partial charge in [0.1, 0.15) is 0 Å². The molecule has 1 atom stereocenters. The molecule has 1 N–H and O–H groups in total. The molecule has 0 saturated heterocycles. The van der Waals surface area contributed by atoms with E-state index in [0.29, 0.717) is 11.3 Å². The van der Waals surface area contributed by atoms with Gasteiger partial charge in [0.2, 0.25) is 11.7 Å². The van der Waals surface area contributed by atoms with Gasteiger partial charge in [-0.25, -0.2) is 4.79 Å². The van der Waals surface area contributed by atoms with Crippen LogP contribution in [0.2, 0.25) is 0 Å². The lowest BCUT2D eigenvalue weighted by Gasteiger charge is -2.14. The molecule has 0 bridgehead atoms. The number of amides is 1. The molecular weight excluding hydrogens is 318 g/mol. The maximum Gasteiger partial charge on any atom is 0.338 e. The number of aryl methyl sites for hydroxylation is 2. The van der Waals surface area contributed by atoms with Crippen LogP contribution in [0.4, 0.5) is 5.69 Å². The summed E-state index contributed by atoms with van der Waals surface area (Å²) in [5.41, 5.74) is 3.37. The Labute approximate surface area is 147 Å². The molecule has 0 radical (unpaired) electrons. The smallest absolute Gasteiger partial charge is 0.338 e. The second kappa shape index (κ2) is 7.75. The van der Waals surface area contributed by atoms with Crippen LogP contribution in [-0.4, -0.2) is 23.8 Å². The van der Waals surface area contributed by atoms with Crippen molar-refractivity contribution < 1.29 is 19.1 Å². The van der Waals surface area contributed by atoms with E-state index in [1.54, 1.807) is 37.3 Å². The van der Waals surface area contributed by atoms with E-state index in [9.17, 15) is 14.4 Å². The summed E-state index contributed by atoms with van der Waals surface area (Å²) in [6, 6.07) is 11.8. The third-order valence-corrected chi connectivity index (χ3v) is 3.86. The Morgan fingerprint density at radius 3 is 2.32 bits per heavy atom. The average Bonchev–Trinajstić information content (AvgIpc) is 2.56. The molecule has 0 unspecified atom stereocenters. The van der Waals surface area contributed by atoms with Crippen LogP contribution in [0.5, 0.6) is 0 Å².